The molecule has 7 heteroatoms. The largest absolute Gasteiger partial charge is 1.00 e. The average molecular weight is 145 g/mol. The number of halogens is 1. The second-order valence-electron chi connectivity index (χ2n) is 0.342. The van der Waals surface area contributed by atoms with E-state index >= 15 is 0 Å². The van der Waals surface area contributed by atoms with E-state index in [1.54, 1.807) is 0 Å². The first-order chi connectivity index (χ1) is 3.15. The molecule has 40 valence electrons. The molecule has 0 atom stereocenters. The predicted molar refractivity (Wildman–Crippen MR) is 24.0 cm³/mol. The van der Waals surface area contributed by atoms with Gasteiger partial charge in [-0.05, 0) is 0 Å². The van der Waals surface area contributed by atoms with Crippen molar-refractivity contribution in [2.24, 2.45) is 0 Å². The molecule has 0 aromatic heterocycles. The normalized spacial score (nSPS) is 4.12. The number of carbonyl (C=O) groups is 1. The molecule has 0 spiro atoms. The quantitative estimate of drug-likeness (QED) is 0.152. The van der Waals surface area contributed by atoms with Gasteiger partial charge in [0.1, 0.15) is 0 Å². The Hall–Kier alpha value is 0.0700. The van der Waals surface area contributed by atoms with Crippen molar-refractivity contribution in [2.75, 3.05) is 0 Å². The number of rotatable bonds is 0. The third-order valence-corrected chi connectivity index (χ3v) is 0. The van der Waals surface area contributed by atoms with E-state index < -0.39 is 5.43 Å². The first-order valence-electron chi connectivity index (χ1n) is 1.02. The van der Waals surface area contributed by atoms with E-state index in [2.05, 4.69) is 11.6 Å². The average Bonchev–Trinajstić information content (AvgIpc) is 1.33. The van der Waals surface area contributed by atoms with Crippen LogP contribution in [0.3, 0.4) is 0 Å². The van der Waals surface area contributed by atoms with Crippen LogP contribution in [-0.2, 0) is 0 Å². The fourth-order valence-electron chi connectivity index (χ4n) is 0. The molecule has 0 bridgehead atoms. The molecule has 1 N–H and O–H groups in total. The summed E-state index contributed by atoms with van der Waals surface area (Å²) in [5.41, 5.74) is 12.1. The Labute approximate surface area is 72.3 Å². The zero-order valence-electron chi connectivity index (χ0n) is 4.08. The van der Waals surface area contributed by atoms with Crippen molar-refractivity contribution in [3.05, 3.63) is 16.0 Å². The van der Waals surface area contributed by atoms with Crippen LogP contribution in [0.2, 0.25) is 0 Å². The van der Waals surface area contributed by atoms with Gasteiger partial charge in [-0.15, -0.1) is 0 Å². The molecule has 0 aliphatic heterocycles. The second-order valence-corrected chi connectivity index (χ2v) is 0.666. The van der Waals surface area contributed by atoms with Gasteiger partial charge < -0.3 is 16.2 Å². The second kappa shape index (κ2) is 15.7. The maximum Gasteiger partial charge on any atom is 1.00 e. The van der Waals surface area contributed by atoms with Crippen molar-refractivity contribution < 1.29 is 39.5 Å². The molecule has 0 radical (unpaired) electrons. The predicted octanol–water partition coefficient (Wildman–Crippen LogP) is -1.23. The molecule has 8 heavy (non-hydrogen) atoms. The zero-order valence-corrected chi connectivity index (χ0v) is 6.83. The number of carboxylic acid groups (broad SMARTS) is 1. The first kappa shape index (κ1) is 15.7. The molecule has 0 amide bonds. The van der Waals surface area contributed by atoms with Gasteiger partial charge in [0, 0.05) is 11.6 Å². The zero-order chi connectivity index (χ0) is 6.28. The summed E-state index contributed by atoms with van der Waals surface area (Å²) >= 11 is 4.19. The van der Waals surface area contributed by atoms with E-state index in [0.29, 0.717) is 0 Å². The molecule has 0 unspecified atom stereocenters. The summed E-state index contributed by atoms with van der Waals surface area (Å²) < 4.78 is 0. The van der Waals surface area contributed by atoms with E-state index in [4.69, 9.17) is 21.0 Å². The van der Waals surface area contributed by atoms with Gasteiger partial charge in [-0.1, -0.05) is 0 Å². The molecule has 0 heterocycles. The summed E-state index contributed by atoms with van der Waals surface area (Å²) in [5.74, 6) is 0. The third-order valence-electron chi connectivity index (χ3n) is 0. The van der Waals surface area contributed by atoms with Crippen molar-refractivity contribution in [2.45, 2.75) is 0 Å². The molecular formula is CHClN3NaO2. The Balaban J connectivity index is -0.0000000575. The minimum atomic E-state index is -1.36. The molecule has 0 aliphatic rings. The molecule has 0 saturated carbocycles. The van der Waals surface area contributed by atoms with Crippen LogP contribution in [0.1, 0.15) is 0 Å². The van der Waals surface area contributed by atoms with Crippen LogP contribution in [0.15, 0.2) is 0 Å². The van der Waals surface area contributed by atoms with Crippen LogP contribution in [0, 0.1) is 0 Å². The monoisotopic (exact) mass is 145 g/mol. The van der Waals surface area contributed by atoms with Crippen molar-refractivity contribution in [3.8, 4) is 0 Å². The summed E-state index contributed by atoms with van der Waals surface area (Å²) in [7, 11) is 0. The Morgan fingerprint density at radius 2 is 1.62 bits per heavy atom. The molecule has 0 aromatic carbocycles. The molecule has 0 fully saturated rings. The summed E-state index contributed by atoms with van der Waals surface area (Å²) in [5, 5.41) is 7.18. The Bertz CT molecular complexity index is 85.3. The minimum Gasteiger partial charge on any atom is -0.469 e. The molecule has 0 aromatic rings. The third kappa shape index (κ3) is 31800. The van der Waals surface area contributed by atoms with Gasteiger partial charge in [-0.25, -0.2) is 4.79 Å². The van der Waals surface area contributed by atoms with Gasteiger partial charge in [0.05, 0.1) is 0 Å². The molecule has 5 nitrogen and oxygen atoms in total. The van der Waals surface area contributed by atoms with Gasteiger partial charge in [0.15, 0.2) is 0 Å². The van der Waals surface area contributed by atoms with Crippen LogP contribution in [-0.4, -0.2) is 10.5 Å². The SMILES string of the molecule is O=C(O)Cl.[N-]=[N+]=[N-].[Na+]. The summed E-state index contributed by atoms with van der Waals surface area (Å²) in [4.78, 5) is 10.3. The molecular weight excluding hydrogens is 144 g/mol. The van der Waals surface area contributed by atoms with Crippen LogP contribution >= 0.6 is 11.6 Å². The van der Waals surface area contributed by atoms with Crippen LogP contribution in [0.25, 0.3) is 16.0 Å². The van der Waals surface area contributed by atoms with Gasteiger partial charge >= 0.3 is 35.0 Å². The van der Waals surface area contributed by atoms with Crippen molar-refractivity contribution in [1.29, 1.82) is 0 Å². The standard InChI is InChI=1S/CHClO2.N3.Na/c2-1(3)4;1-3-2;/h(H,3,4);;/q;-1;+1. The molecule has 0 saturated heterocycles. The van der Waals surface area contributed by atoms with Crippen LogP contribution in [0.5, 0.6) is 0 Å². The fraction of sp³-hybridized carbons (Fsp3) is 0. The maximum absolute atomic E-state index is 8.77. The number of hydrogen-bond acceptors (Lipinski definition) is 1. The number of hydrogen-bond donors (Lipinski definition) is 1. The van der Waals surface area contributed by atoms with Crippen molar-refractivity contribution in [3.63, 3.8) is 0 Å². The summed E-state index contributed by atoms with van der Waals surface area (Å²) in [6.45, 7) is 0. The molecule has 0 aliphatic carbocycles. The maximum atomic E-state index is 8.77. The van der Waals surface area contributed by atoms with Crippen molar-refractivity contribution >= 4 is 17.0 Å². The smallest absolute Gasteiger partial charge is 0.469 e. The van der Waals surface area contributed by atoms with Crippen LogP contribution < -0.4 is 29.6 Å². The summed E-state index contributed by atoms with van der Waals surface area (Å²) in [6.07, 6.45) is 0. The van der Waals surface area contributed by atoms with Crippen molar-refractivity contribution in [1.82, 2.24) is 0 Å². The fourth-order valence-corrected chi connectivity index (χ4v) is 0. The van der Waals surface area contributed by atoms with Crippen LogP contribution in [0.4, 0.5) is 4.79 Å². The van der Waals surface area contributed by atoms with E-state index in [1.165, 1.54) is 4.91 Å². The van der Waals surface area contributed by atoms with Gasteiger partial charge in [0.2, 0.25) is 0 Å². The minimum absolute atomic E-state index is 0. The van der Waals surface area contributed by atoms with E-state index in [0.717, 1.165) is 0 Å². The van der Waals surface area contributed by atoms with E-state index in [1.807, 2.05) is 0 Å². The number of nitrogens with zero attached hydrogens (tertiary/aromatic N) is 3. The summed E-state index contributed by atoms with van der Waals surface area (Å²) in [6, 6.07) is 0. The first-order valence-corrected chi connectivity index (χ1v) is 1.39. The Morgan fingerprint density at radius 3 is 1.62 bits per heavy atom. The van der Waals surface area contributed by atoms with Gasteiger partial charge in [-0.3, -0.25) is 4.91 Å². The Morgan fingerprint density at radius 1 is 1.62 bits per heavy atom. The van der Waals surface area contributed by atoms with Gasteiger partial charge in [-0.2, -0.15) is 0 Å². The van der Waals surface area contributed by atoms with Gasteiger partial charge in [0.25, 0.3) is 0 Å². The van der Waals surface area contributed by atoms with E-state index in [9.17, 15) is 0 Å². The molecule has 0 rings (SSSR count). The van der Waals surface area contributed by atoms with E-state index in [-0.39, 0.29) is 29.6 Å². The topological polar surface area (TPSA) is 96.0 Å². The Kier molecular flexibility index (Phi) is 30.8.